The normalized spacial score (nSPS) is 13.5. The highest BCUT2D eigenvalue weighted by Gasteiger charge is 2.20. The number of carbonyl (C=O) groups is 1. The predicted molar refractivity (Wildman–Crippen MR) is 108 cm³/mol. The molecular weight excluding hydrogens is 346 g/mol. The Labute approximate surface area is 160 Å². The number of unbranched alkanes of at least 4 members (excludes halogenated alkanes) is 3. The Balaban J connectivity index is 1.81. The average Bonchev–Trinajstić information content (AvgIpc) is 2.67. The van der Waals surface area contributed by atoms with Gasteiger partial charge < -0.3 is 15.5 Å². The molecule has 0 radical (unpaired) electrons. The quantitative estimate of drug-likeness (QED) is 0.413. The zero-order valence-corrected chi connectivity index (χ0v) is 16.2. The number of amides is 1. The number of aliphatic hydroxyl groups is 2. The lowest BCUT2D eigenvalue weighted by atomic mass is 10.1. The highest BCUT2D eigenvalue weighted by Crippen LogP contribution is 2.24. The van der Waals surface area contributed by atoms with Crippen molar-refractivity contribution in [3.63, 3.8) is 0 Å². The van der Waals surface area contributed by atoms with Crippen LogP contribution in [0.15, 0.2) is 47.4 Å². The minimum Gasteiger partial charge on any atom is -0.394 e. The summed E-state index contributed by atoms with van der Waals surface area (Å²) in [5, 5.41) is 25.0. The SMILES string of the molecule is CCCCCCC(=O)N[C@@H](CO)[C@H](O)CSc1ccc2ccccc2c1. The molecule has 5 heteroatoms. The Morgan fingerprint density at radius 3 is 2.62 bits per heavy atom. The Bertz CT molecular complexity index is 692. The minimum absolute atomic E-state index is 0.102. The van der Waals surface area contributed by atoms with Crippen LogP contribution < -0.4 is 5.32 Å². The zero-order valence-electron chi connectivity index (χ0n) is 15.4. The second-order valence-corrected chi connectivity index (χ2v) is 7.65. The van der Waals surface area contributed by atoms with Crippen LogP contribution in [0.25, 0.3) is 10.8 Å². The molecule has 0 bridgehead atoms. The molecule has 4 nitrogen and oxygen atoms in total. The number of thioether (sulfide) groups is 1. The van der Waals surface area contributed by atoms with Crippen LogP contribution in [-0.2, 0) is 4.79 Å². The van der Waals surface area contributed by atoms with E-state index < -0.39 is 12.1 Å². The molecule has 2 rings (SSSR count). The molecule has 0 spiro atoms. The van der Waals surface area contributed by atoms with Gasteiger partial charge in [0, 0.05) is 17.1 Å². The van der Waals surface area contributed by atoms with Crippen LogP contribution in [0.1, 0.15) is 39.0 Å². The van der Waals surface area contributed by atoms with E-state index in [9.17, 15) is 15.0 Å². The van der Waals surface area contributed by atoms with Crippen molar-refractivity contribution < 1.29 is 15.0 Å². The van der Waals surface area contributed by atoms with Crippen LogP contribution in [-0.4, -0.2) is 40.6 Å². The van der Waals surface area contributed by atoms with E-state index in [4.69, 9.17) is 0 Å². The van der Waals surface area contributed by atoms with Gasteiger partial charge in [0.15, 0.2) is 0 Å². The summed E-state index contributed by atoms with van der Waals surface area (Å²) in [6.07, 6.45) is 3.79. The Morgan fingerprint density at radius 2 is 1.88 bits per heavy atom. The Hall–Kier alpha value is -1.56. The van der Waals surface area contributed by atoms with E-state index in [0.29, 0.717) is 12.2 Å². The zero-order chi connectivity index (χ0) is 18.8. The molecule has 0 saturated carbocycles. The van der Waals surface area contributed by atoms with Gasteiger partial charge in [0.25, 0.3) is 0 Å². The number of rotatable bonds is 11. The van der Waals surface area contributed by atoms with Gasteiger partial charge in [0.1, 0.15) is 0 Å². The summed E-state index contributed by atoms with van der Waals surface area (Å²) in [5.74, 6) is 0.314. The summed E-state index contributed by atoms with van der Waals surface area (Å²) in [5.41, 5.74) is 0. The van der Waals surface area contributed by atoms with E-state index >= 15 is 0 Å². The number of aliphatic hydroxyl groups excluding tert-OH is 2. The molecule has 0 saturated heterocycles. The Kier molecular flexibility index (Phi) is 8.95. The second kappa shape index (κ2) is 11.2. The molecule has 0 aliphatic rings. The number of hydrogen-bond acceptors (Lipinski definition) is 4. The number of fused-ring (bicyclic) bond motifs is 1. The van der Waals surface area contributed by atoms with Gasteiger partial charge in [0.2, 0.25) is 5.91 Å². The van der Waals surface area contributed by atoms with Gasteiger partial charge in [-0.25, -0.2) is 0 Å². The van der Waals surface area contributed by atoms with Gasteiger partial charge in [-0.3, -0.25) is 4.79 Å². The third kappa shape index (κ3) is 6.63. The first-order valence-corrected chi connectivity index (χ1v) is 10.3. The van der Waals surface area contributed by atoms with Crippen molar-refractivity contribution in [3.8, 4) is 0 Å². The van der Waals surface area contributed by atoms with E-state index in [-0.39, 0.29) is 12.5 Å². The lowest BCUT2D eigenvalue weighted by Crippen LogP contribution is -2.46. The topological polar surface area (TPSA) is 69.6 Å². The number of hydrogen-bond donors (Lipinski definition) is 3. The van der Waals surface area contributed by atoms with Crippen molar-refractivity contribution in [2.45, 2.75) is 56.1 Å². The number of benzene rings is 2. The third-order valence-corrected chi connectivity index (χ3v) is 5.50. The maximum Gasteiger partial charge on any atom is 0.220 e. The standard InChI is InChI=1S/C21H29NO3S/c1-2-3-4-5-10-21(25)22-19(14-23)20(24)15-26-18-12-11-16-8-6-7-9-17(16)13-18/h6-9,11-13,19-20,23-24H,2-5,10,14-15H2,1H3,(H,22,25)/t19-,20+/m0/s1. The van der Waals surface area contributed by atoms with E-state index in [1.54, 1.807) is 0 Å². The van der Waals surface area contributed by atoms with Gasteiger partial charge >= 0.3 is 0 Å². The third-order valence-electron chi connectivity index (χ3n) is 4.41. The lowest BCUT2D eigenvalue weighted by molar-refractivity contribution is -0.123. The van der Waals surface area contributed by atoms with Crippen LogP contribution in [0.3, 0.4) is 0 Å². The number of nitrogens with one attached hydrogen (secondary N) is 1. The minimum atomic E-state index is -0.795. The summed E-state index contributed by atoms with van der Waals surface area (Å²) in [6, 6.07) is 13.7. The summed E-state index contributed by atoms with van der Waals surface area (Å²) >= 11 is 1.53. The average molecular weight is 376 g/mol. The fourth-order valence-electron chi connectivity index (χ4n) is 2.81. The molecule has 0 aromatic heterocycles. The molecule has 2 atom stereocenters. The monoisotopic (exact) mass is 375 g/mol. The maximum atomic E-state index is 12.0. The molecular formula is C21H29NO3S. The van der Waals surface area contributed by atoms with Crippen molar-refractivity contribution in [2.24, 2.45) is 0 Å². The predicted octanol–water partition coefficient (Wildman–Crippen LogP) is 3.74. The molecule has 26 heavy (non-hydrogen) atoms. The molecule has 0 aliphatic carbocycles. The van der Waals surface area contributed by atoms with Crippen molar-refractivity contribution in [2.75, 3.05) is 12.4 Å². The van der Waals surface area contributed by atoms with Crippen LogP contribution >= 0.6 is 11.8 Å². The molecule has 0 aliphatic heterocycles. The molecule has 0 unspecified atom stereocenters. The molecule has 0 heterocycles. The van der Waals surface area contributed by atoms with Crippen molar-refractivity contribution in [3.05, 3.63) is 42.5 Å². The van der Waals surface area contributed by atoms with Gasteiger partial charge in [-0.05, 0) is 29.3 Å². The highest BCUT2D eigenvalue weighted by atomic mass is 32.2. The van der Waals surface area contributed by atoms with E-state index in [1.165, 1.54) is 17.1 Å². The molecule has 3 N–H and O–H groups in total. The molecule has 142 valence electrons. The second-order valence-electron chi connectivity index (χ2n) is 6.55. The maximum absolute atomic E-state index is 12.0. The molecule has 2 aromatic carbocycles. The Morgan fingerprint density at radius 1 is 1.12 bits per heavy atom. The first kappa shape index (κ1) is 20.7. The summed E-state index contributed by atoms with van der Waals surface area (Å²) in [4.78, 5) is 13.0. The first-order valence-electron chi connectivity index (χ1n) is 9.34. The van der Waals surface area contributed by atoms with Gasteiger partial charge in [-0.15, -0.1) is 11.8 Å². The van der Waals surface area contributed by atoms with Crippen LogP contribution in [0.5, 0.6) is 0 Å². The number of carbonyl (C=O) groups excluding carboxylic acids is 1. The fraction of sp³-hybridized carbons (Fsp3) is 0.476. The summed E-state index contributed by atoms with van der Waals surface area (Å²) < 4.78 is 0. The fourth-order valence-corrected chi connectivity index (χ4v) is 3.78. The van der Waals surface area contributed by atoms with Crippen LogP contribution in [0.2, 0.25) is 0 Å². The van der Waals surface area contributed by atoms with Crippen LogP contribution in [0, 0.1) is 0 Å². The molecule has 1 amide bonds. The van der Waals surface area contributed by atoms with Gasteiger partial charge in [0.05, 0.1) is 18.8 Å². The highest BCUT2D eigenvalue weighted by molar-refractivity contribution is 7.99. The lowest BCUT2D eigenvalue weighted by Gasteiger charge is -2.22. The van der Waals surface area contributed by atoms with Crippen molar-refractivity contribution in [1.82, 2.24) is 5.32 Å². The van der Waals surface area contributed by atoms with Gasteiger partial charge in [-0.2, -0.15) is 0 Å². The van der Waals surface area contributed by atoms with E-state index in [1.807, 2.05) is 18.2 Å². The van der Waals surface area contributed by atoms with E-state index in [0.717, 1.165) is 36.0 Å². The van der Waals surface area contributed by atoms with Gasteiger partial charge in [-0.1, -0.05) is 56.5 Å². The van der Waals surface area contributed by atoms with Crippen molar-refractivity contribution >= 4 is 28.4 Å². The first-order chi connectivity index (χ1) is 12.6. The van der Waals surface area contributed by atoms with Crippen molar-refractivity contribution in [1.29, 1.82) is 0 Å². The summed E-state index contributed by atoms with van der Waals surface area (Å²) in [6.45, 7) is 1.87. The smallest absolute Gasteiger partial charge is 0.220 e. The summed E-state index contributed by atoms with van der Waals surface area (Å²) in [7, 11) is 0. The van der Waals surface area contributed by atoms with Crippen LogP contribution in [0.4, 0.5) is 0 Å². The molecule has 0 fully saturated rings. The molecule has 2 aromatic rings. The van der Waals surface area contributed by atoms with E-state index in [2.05, 4.69) is 36.5 Å². The largest absolute Gasteiger partial charge is 0.394 e.